The molecule has 0 aromatic heterocycles. The highest BCUT2D eigenvalue weighted by Gasteiger charge is 2.14. The Balaban J connectivity index is 0.000000873. The molecule has 0 aliphatic heterocycles. The fraction of sp³-hybridized carbons (Fsp3) is 0.647. The van der Waals surface area contributed by atoms with E-state index in [9.17, 15) is 5.11 Å². The molecule has 2 atom stereocenters. The summed E-state index contributed by atoms with van der Waals surface area (Å²) in [7, 11) is 0. The molecule has 0 saturated heterocycles. The molecular weight excluding hydrogens is 220 g/mol. The van der Waals surface area contributed by atoms with Gasteiger partial charge in [0.25, 0.3) is 0 Å². The van der Waals surface area contributed by atoms with Crippen LogP contribution < -0.4 is 0 Å². The Kier molecular flexibility index (Phi) is 8.53. The maximum absolute atomic E-state index is 10.2. The SMILES string of the molecule is CCC.CCC(C)c1cccc(C(C)CC)c1O. The number of para-hydroxylation sites is 1. The molecule has 18 heavy (non-hydrogen) atoms. The van der Waals surface area contributed by atoms with E-state index in [1.54, 1.807) is 0 Å². The van der Waals surface area contributed by atoms with Crippen LogP contribution in [0, 0.1) is 0 Å². The molecule has 1 aromatic carbocycles. The molecule has 1 nitrogen and oxygen atoms in total. The average Bonchev–Trinajstić information content (AvgIpc) is 2.38. The standard InChI is InChI=1S/C14H22O.C3H8/c1-5-10(3)12-8-7-9-13(14(12)15)11(4)6-2;1-3-2/h7-11,15H,5-6H2,1-4H3;3H2,1-2H3. The van der Waals surface area contributed by atoms with E-state index < -0.39 is 0 Å². The lowest BCUT2D eigenvalue weighted by molar-refractivity contribution is 0.449. The van der Waals surface area contributed by atoms with E-state index in [0.29, 0.717) is 17.6 Å². The Morgan fingerprint density at radius 3 is 1.50 bits per heavy atom. The summed E-state index contributed by atoms with van der Waals surface area (Å²) in [5.41, 5.74) is 2.19. The van der Waals surface area contributed by atoms with Crippen LogP contribution in [0.3, 0.4) is 0 Å². The van der Waals surface area contributed by atoms with Crippen molar-refractivity contribution in [3.63, 3.8) is 0 Å². The van der Waals surface area contributed by atoms with Crippen molar-refractivity contribution in [3.8, 4) is 5.75 Å². The molecule has 1 heteroatoms. The van der Waals surface area contributed by atoms with Crippen LogP contribution in [0.2, 0.25) is 0 Å². The van der Waals surface area contributed by atoms with Crippen molar-refractivity contribution < 1.29 is 5.11 Å². The summed E-state index contributed by atoms with van der Waals surface area (Å²) in [5.74, 6) is 1.39. The second-order valence-electron chi connectivity index (χ2n) is 5.11. The van der Waals surface area contributed by atoms with Gasteiger partial charge in [-0.2, -0.15) is 0 Å². The maximum Gasteiger partial charge on any atom is 0.122 e. The molecule has 1 N–H and O–H groups in total. The normalized spacial score (nSPS) is 13.4. The largest absolute Gasteiger partial charge is 0.507 e. The fourth-order valence-electron chi connectivity index (χ4n) is 1.82. The Bertz CT molecular complexity index is 302. The highest BCUT2D eigenvalue weighted by molar-refractivity contribution is 5.43. The van der Waals surface area contributed by atoms with Crippen LogP contribution in [0.4, 0.5) is 0 Å². The Morgan fingerprint density at radius 2 is 1.22 bits per heavy atom. The zero-order valence-electron chi connectivity index (χ0n) is 13.0. The molecule has 0 aliphatic rings. The number of aromatic hydroxyl groups is 1. The second-order valence-corrected chi connectivity index (χ2v) is 5.11. The van der Waals surface area contributed by atoms with Crippen LogP contribution in [-0.4, -0.2) is 5.11 Å². The van der Waals surface area contributed by atoms with Crippen LogP contribution >= 0.6 is 0 Å². The van der Waals surface area contributed by atoms with Gasteiger partial charge in [-0.25, -0.2) is 0 Å². The summed E-state index contributed by atoms with van der Waals surface area (Å²) in [5, 5.41) is 10.2. The lowest BCUT2D eigenvalue weighted by atomic mass is 9.90. The predicted octanol–water partition coefficient (Wildman–Crippen LogP) is 5.84. The molecule has 0 radical (unpaired) electrons. The van der Waals surface area contributed by atoms with Gasteiger partial charge < -0.3 is 5.11 Å². The highest BCUT2D eigenvalue weighted by Crippen LogP contribution is 2.35. The maximum atomic E-state index is 10.2. The van der Waals surface area contributed by atoms with Gasteiger partial charge in [-0.05, 0) is 35.8 Å². The fourth-order valence-corrected chi connectivity index (χ4v) is 1.82. The molecule has 0 fully saturated rings. The number of phenolic OH excluding ortho intramolecular Hbond substituents is 1. The van der Waals surface area contributed by atoms with Gasteiger partial charge in [0, 0.05) is 0 Å². The zero-order valence-corrected chi connectivity index (χ0v) is 13.0. The topological polar surface area (TPSA) is 20.2 Å². The van der Waals surface area contributed by atoms with Crippen molar-refractivity contribution in [1.82, 2.24) is 0 Å². The highest BCUT2D eigenvalue weighted by atomic mass is 16.3. The van der Waals surface area contributed by atoms with Crippen molar-refractivity contribution in [2.75, 3.05) is 0 Å². The van der Waals surface area contributed by atoms with E-state index in [4.69, 9.17) is 0 Å². The van der Waals surface area contributed by atoms with Gasteiger partial charge in [0.15, 0.2) is 0 Å². The quantitative estimate of drug-likeness (QED) is 0.712. The molecule has 1 rings (SSSR count). The molecule has 0 saturated carbocycles. The minimum Gasteiger partial charge on any atom is -0.507 e. The summed E-state index contributed by atoms with van der Waals surface area (Å²) in [6.45, 7) is 12.9. The van der Waals surface area contributed by atoms with Crippen molar-refractivity contribution in [3.05, 3.63) is 29.3 Å². The first-order valence-electron chi connectivity index (χ1n) is 7.34. The average molecular weight is 250 g/mol. The first-order valence-corrected chi connectivity index (χ1v) is 7.34. The van der Waals surface area contributed by atoms with Crippen molar-refractivity contribution in [2.24, 2.45) is 0 Å². The van der Waals surface area contributed by atoms with Gasteiger partial charge in [0.05, 0.1) is 0 Å². The first kappa shape index (κ1) is 17.0. The zero-order chi connectivity index (χ0) is 14.1. The second kappa shape index (κ2) is 9.02. The van der Waals surface area contributed by atoms with E-state index >= 15 is 0 Å². The van der Waals surface area contributed by atoms with Gasteiger partial charge in [-0.1, -0.05) is 66.2 Å². The lowest BCUT2D eigenvalue weighted by Crippen LogP contribution is -1.98. The predicted molar refractivity (Wildman–Crippen MR) is 81.5 cm³/mol. The summed E-state index contributed by atoms with van der Waals surface area (Å²) >= 11 is 0. The van der Waals surface area contributed by atoms with Crippen molar-refractivity contribution in [2.45, 2.75) is 72.6 Å². The smallest absolute Gasteiger partial charge is 0.122 e. The third-order valence-electron chi connectivity index (χ3n) is 3.39. The van der Waals surface area contributed by atoms with E-state index in [1.165, 1.54) is 6.42 Å². The Morgan fingerprint density at radius 1 is 0.889 bits per heavy atom. The molecule has 1 aromatic rings. The van der Waals surface area contributed by atoms with Gasteiger partial charge in [-0.3, -0.25) is 0 Å². The third-order valence-corrected chi connectivity index (χ3v) is 3.39. The molecule has 0 amide bonds. The molecule has 0 bridgehead atoms. The van der Waals surface area contributed by atoms with Gasteiger partial charge in [0.1, 0.15) is 5.75 Å². The summed E-state index contributed by atoms with van der Waals surface area (Å²) in [6, 6.07) is 6.13. The first-order chi connectivity index (χ1) is 8.53. The number of benzene rings is 1. The van der Waals surface area contributed by atoms with Crippen LogP contribution in [0.15, 0.2) is 18.2 Å². The molecule has 2 unspecified atom stereocenters. The number of phenols is 1. The number of hydrogen-bond acceptors (Lipinski definition) is 1. The van der Waals surface area contributed by atoms with Gasteiger partial charge >= 0.3 is 0 Å². The number of rotatable bonds is 4. The minimum atomic E-state index is 0.439. The van der Waals surface area contributed by atoms with E-state index in [-0.39, 0.29) is 0 Å². The monoisotopic (exact) mass is 250 g/mol. The molecule has 104 valence electrons. The Labute approximate surface area is 113 Å². The summed E-state index contributed by atoms with van der Waals surface area (Å²) < 4.78 is 0. The van der Waals surface area contributed by atoms with Gasteiger partial charge in [0.2, 0.25) is 0 Å². The minimum absolute atomic E-state index is 0.439. The van der Waals surface area contributed by atoms with Crippen LogP contribution in [0.25, 0.3) is 0 Å². The lowest BCUT2D eigenvalue weighted by Gasteiger charge is -2.17. The van der Waals surface area contributed by atoms with E-state index in [1.807, 2.05) is 12.1 Å². The summed E-state index contributed by atoms with van der Waals surface area (Å²) in [4.78, 5) is 0. The van der Waals surface area contributed by atoms with Crippen molar-refractivity contribution in [1.29, 1.82) is 0 Å². The molecule has 0 spiro atoms. The van der Waals surface area contributed by atoms with Crippen LogP contribution in [0.5, 0.6) is 5.75 Å². The molecule has 0 aliphatic carbocycles. The van der Waals surface area contributed by atoms with Crippen molar-refractivity contribution >= 4 is 0 Å². The van der Waals surface area contributed by atoms with Crippen LogP contribution in [-0.2, 0) is 0 Å². The number of hydrogen-bond donors (Lipinski definition) is 1. The van der Waals surface area contributed by atoms with Crippen LogP contribution in [0.1, 0.15) is 83.8 Å². The summed E-state index contributed by atoms with van der Waals surface area (Å²) in [6.07, 6.45) is 3.38. The van der Waals surface area contributed by atoms with E-state index in [0.717, 1.165) is 24.0 Å². The van der Waals surface area contributed by atoms with E-state index in [2.05, 4.69) is 47.6 Å². The third kappa shape index (κ3) is 4.72. The van der Waals surface area contributed by atoms with Gasteiger partial charge in [-0.15, -0.1) is 0 Å². The molecular formula is C17H30O. The molecule has 0 heterocycles. The Hall–Kier alpha value is -0.980.